The Kier molecular flexibility index (Phi) is 2.88. The van der Waals surface area contributed by atoms with Crippen molar-refractivity contribution in [2.24, 2.45) is 0 Å². The van der Waals surface area contributed by atoms with E-state index in [0.29, 0.717) is 16.8 Å². The molecular weight excluding hydrogens is 268 g/mol. The van der Waals surface area contributed by atoms with Crippen molar-refractivity contribution >= 4 is 11.0 Å². The van der Waals surface area contributed by atoms with E-state index in [0.717, 1.165) is 11.1 Å². The molecule has 0 aliphatic rings. The monoisotopic (exact) mass is 278 g/mol. The lowest BCUT2D eigenvalue weighted by Gasteiger charge is -2.06. The molecule has 2 heterocycles. The Hall–Kier alpha value is -3.20. The molecule has 0 radical (unpaired) electrons. The van der Waals surface area contributed by atoms with Crippen LogP contribution < -0.4 is 11.2 Å². The first-order valence-electron chi connectivity index (χ1n) is 6.23. The summed E-state index contributed by atoms with van der Waals surface area (Å²) in [7, 11) is 0. The normalized spacial score (nSPS) is 10.5. The second-order valence-corrected chi connectivity index (χ2v) is 4.65. The first-order chi connectivity index (χ1) is 10.1. The van der Waals surface area contributed by atoms with Gasteiger partial charge in [0.25, 0.3) is 5.56 Å². The van der Waals surface area contributed by atoms with Crippen LogP contribution in [0.25, 0.3) is 22.3 Å². The number of hydrogen-bond acceptors (Lipinski definition) is 4. The lowest BCUT2D eigenvalue weighted by atomic mass is 10.1. The molecule has 0 bridgehead atoms. The minimum Gasteiger partial charge on any atom is -0.305 e. The van der Waals surface area contributed by atoms with E-state index in [4.69, 9.17) is 5.26 Å². The fourth-order valence-electron chi connectivity index (χ4n) is 2.20. The molecule has 6 heteroatoms. The topological polar surface area (TPSA) is 102 Å². The van der Waals surface area contributed by atoms with E-state index in [9.17, 15) is 9.59 Å². The molecule has 102 valence electrons. The summed E-state index contributed by atoms with van der Waals surface area (Å²) in [6, 6.07) is 10.8. The van der Waals surface area contributed by atoms with Crippen molar-refractivity contribution in [1.82, 2.24) is 15.0 Å². The Morgan fingerprint density at radius 3 is 2.76 bits per heavy atom. The predicted molar refractivity (Wildman–Crippen MR) is 77.9 cm³/mol. The van der Waals surface area contributed by atoms with E-state index < -0.39 is 11.2 Å². The van der Waals surface area contributed by atoms with E-state index in [2.05, 4.69) is 21.0 Å². The highest BCUT2D eigenvalue weighted by atomic mass is 16.2. The minimum absolute atomic E-state index is 0.173. The zero-order chi connectivity index (χ0) is 15.0. The molecule has 0 aliphatic heterocycles. The summed E-state index contributed by atoms with van der Waals surface area (Å²) in [6.45, 7) is 1.79. The highest BCUT2D eigenvalue weighted by Gasteiger charge is 2.09. The number of nitrogens with zero attached hydrogens (tertiary/aromatic N) is 2. The maximum Gasteiger partial charge on any atom is 0.326 e. The molecule has 2 aromatic heterocycles. The molecular formula is C15H10N4O2. The van der Waals surface area contributed by atoms with Crippen molar-refractivity contribution in [3.63, 3.8) is 0 Å². The number of rotatable bonds is 1. The Morgan fingerprint density at radius 2 is 2.00 bits per heavy atom. The molecule has 0 amide bonds. The summed E-state index contributed by atoms with van der Waals surface area (Å²) >= 11 is 0. The Balaban J connectivity index is 2.33. The van der Waals surface area contributed by atoms with Crippen LogP contribution in [0.4, 0.5) is 0 Å². The van der Waals surface area contributed by atoms with Crippen LogP contribution in [0.1, 0.15) is 11.1 Å². The van der Waals surface area contributed by atoms with Gasteiger partial charge in [-0.05, 0) is 30.7 Å². The largest absolute Gasteiger partial charge is 0.326 e. The average molecular weight is 278 g/mol. The summed E-state index contributed by atoms with van der Waals surface area (Å²) in [5.74, 6) is 0. The lowest BCUT2D eigenvalue weighted by Crippen LogP contribution is -2.23. The first kappa shape index (κ1) is 12.8. The van der Waals surface area contributed by atoms with Crippen molar-refractivity contribution in [1.29, 1.82) is 5.26 Å². The number of aromatic amines is 2. The zero-order valence-corrected chi connectivity index (χ0v) is 11.1. The molecule has 6 nitrogen and oxygen atoms in total. The molecule has 0 fully saturated rings. The van der Waals surface area contributed by atoms with Crippen LogP contribution in [0.3, 0.4) is 0 Å². The van der Waals surface area contributed by atoms with Gasteiger partial charge in [0.1, 0.15) is 0 Å². The summed E-state index contributed by atoms with van der Waals surface area (Å²) in [4.78, 5) is 32.2. The number of nitriles is 1. The second kappa shape index (κ2) is 4.72. The molecule has 0 unspecified atom stereocenters. The van der Waals surface area contributed by atoms with Crippen LogP contribution in [0.2, 0.25) is 0 Å². The summed E-state index contributed by atoms with van der Waals surface area (Å²) < 4.78 is 0. The molecule has 21 heavy (non-hydrogen) atoms. The second-order valence-electron chi connectivity index (χ2n) is 4.65. The van der Waals surface area contributed by atoms with Gasteiger partial charge in [0.15, 0.2) is 5.52 Å². The number of aryl methyl sites for hydroxylation is 1. The van der Waals surface area contributed by atoms with Crippen LogP contribution in [0.5, 0.6) is 0 Å². The van der Waals surface area contributed by atoms with Crippen LogP contribution in [-0.4, -0.2) is 15.0 Å². The minimum atomic E-state index is -0.559. The van der Waals surface area contributed by atoms with Crippen molar-refractivity contribution < 1.29 is 0 Å². The molecule has 0 atom stereocenters. The van der Waals surface area contributed by atoms with Gasteiger partial charge in [0.05, 0.1) is 22.8 Å². The van der Waals surface area contributed by atoms with Gasteiger partial charge < -0.3 is 4.98 Å². The standard InChI is InChI=1S/C15H10N4O2/c1-8-5-11(10-4-2-3-9(6-10)7-16)17-13-12(8)18-15(21)19-14(13)20/h2-6H,1H3,(H2,18,19,20,21). The highest BCUT2D eigenvalue weighted by Crippen LogP contribution is 2.22. The number of hydrogen-bond donors (Lipinski definition) is 2. The van der Waals surface area contributed by atoms with E-state index in [-0.39, 0.29) is 5.52 Å². The van der Waals surface area contributed by atoms with Gasteiger partial charge in [0.2, 0.25) is 0 Å². The van der Waals surface area contributed by atoms with Gasteiger partial charge in [-0.1, -0.05) is 12.1 Å². The number of nitrogens with one attached hydrogen (secondary N) is 2. The number of pyridine rings is 1. The van der Waals surface area contributed by atoms with Crippen molar-refractivity contribution in [2.45, 2.75) is 6.92 Å². The number of fused-ring (bicyclic) bond motifs is 1. The fraction of sp³-hybridized carbons (Fsp3) is 0.0667. The molecule has 0 saturated heterocycles. The Labute approximate surface area is 118 Å². The fourth-order valence-corrected chi connectivity index (χ4v) is 2.20. The third-order valence-corrected chi connectivity index (χ3v) is 3.18. The number of aromatic nitrogens is 3. The molecule has 1 aromatic carbocycles. The molecule has 3 rings (SSSR count). The maximum atomic E-state index is 11.9. The van der Waals surface area contributed by atoms with E-state index in [1.54, 1.807) is 31.2 Å². The molecule has 2 N–H and O–H groups in total. The molecule has 0 spiro atoms. The van der Waals surface area contributed by atoms with Crippen LogP contribution in [0, 0.1) is 18.3 Å². The third-order valence-electron chi connectivity index (χ3n) is 3.18. The maximum absolute atomic E-state index is 11.9. The van der Waals surface area contributed by atoms with Crippen LogP contribution in [-0.2, 0) is 0 Å². The summed E-state index contributed by atoms with van der Waals surface area (Å²) in [5.41, 5.74) is 2.07. The van der Waals surface area contributed by atoms with Crippen LogP contribution >= 0.6 is 0 Å². The lowest BCUT2D eigenvalue weighted by molar-refractivity contribution is 1.06. The highest BCUT2D eigenvalue weighted by molar-refractivity contribution is 5.80. The van der Waals surface area contributed by atoms with Gasteiger partial charge in [-0.3, -0.25) is 9.78 Å². The van der Waals surface area contributed by atoms with Gasteiger partial charge >= 0.3 is 5.69 Å². The van der Waals surface area contributed by atoms with E-state index in [1.807, 2.05) is 6.07 Å². The van der Waals surface area contributed by atoms with Crippen LogP contribution in [0.15, 0.2) is 39.9 Å². The SMILES string of the molecule is Cc1cc(-c2cccc(C#N)c2)nc2c(=O)[nH]c(=O)[nH]c12. The molecule has 0 saturated carbocycles. The van der Waals surface area contributed by atoms with Gasteiger partial charge in [0, 0.05) is 5.56 Å². The number of benzene rings is 1. The van der Waals surface area contributed by atoms with Gasteiger partial charge in [-0.15, -0.1) is 0 Å². The smallest absolute Gasteiger partial charge is 0.305 e. The summed E-state index contributed by atoms with van der Waals surface area (Å²) in [5, 5.41) is 8.94. The molecule has 3 aromatic rings. The van der Waals surface area contributed by atoms with Crippen molar-refractivity contribution in [2.75, 3.05) is 0 Å². The number of H-pyrrole nitrogens is 2. The zero-order valence-electron chi connectivity index (χ0n) is 11.1. The van der Waals surface area contributed by atoms with E-state index in [1.165, 1.54) is 0 Å². The first-order valence-corrected chi connectivity index (χ1v) is 6.23. The predicted octanol–water partition coefficient (Wildman–Crippen LogP) is 1.46. The van der Waals surface area contributed by atoms with E-state index >= 15 is 0 Å². The van der Waals surface area contributed by atoms with Crippen molar-refractivity contribution in [3.8, 4) is 17.3 Å². The Morgan fingerprint density at radius 1 is 1.19 bits per heavy atom. The molecule has 0 aliphatic carbocycles. The Bertz CT molecular complexity index is 1010. The average Bonchev–Trinajstić information content (AvgIpc) is 2.48. The summed E-state index contributed by atoms with van der Waals surface area (Å²) in [6.07, 6.45) is 0. The quantitative estimate of drug-likeness (QED) is 0.703. The van der Waals surface area contributed by atoms with Gasteiger partial charge in [-0.25, -0.2) is 9.78 Å². The third kappa shape index (κ3) is 2.21. The van der Waals surface area contributed by atoms with Crippen molar-refractivity contribution in [3.05, 3.63) is 62.3 Å². The van der Waals surface area contributed by atoms with Gasteiger partial charge in [-0.2, -0.15) is 5.26 Å².